The lowest BCUT2D eigenvalue weighted by molar-refractivity contribution is -0.176. The number of nitrogens with one attached hydrogen (secondary N) is 1. The molecular weight excluding hydrogens is 420 g/mol. The van der Waals surface area contributed by atoms with E-state index >= 15 is 0 Å². The Morgan fingerprint density at radius 3 is 2.39 bits per heavy atom. The number of aliphatic hydroxyl groups excluding tert-OH is 3. The zero-order valence-electron chi connectivity index (χ0n) is 15.2. The van der Waals surface area contributed by atoms with Crippen LogP contribution in [0.4, 0.5) is 4.79 Å². The third-order valence-corrected chi connectivity index (χ3v) is 7.42. The summed E-state index contributed by atoms with van der Waals surface area (Å²) >= 11 is 0. The van der Waals surface area contributed by atoms with Crippen LogP contribution in [0.25, 0.3) is 0 Å². The molecule has 0 aromatic heterocycles. The van der Waals surface area contributed by atoms with E-state index in [-0.39, 0.29) is 0 Å². The van der Waals surface area contributed by atoms with E-state index in [9.17, 15) is 38.1 Å². The van der Waals surface area contributed by atoms with Gasteiger partial charge in [0, 0.05) is 6.26 Å². The van der Waals surface area contributed by atoms with E-state index in [1.54, 1.807) is 0 Å². The highest BCUT2D eigenvalue weighted by Gasteiger charge is 2.55. The van der Waals surface area contributed by atoms with Crippen molar-refractivity contribution >= 4 is 37.6 Å². The first-order valence-electron chi connectivity index (χ1n) is 8.22. The Morgan fingerprint density at radius 1 is 1.21 bits per heavy atom. The first kappa shape index (κ1) is 22.7. The molecule has 2 aliphatic rings. The molecule has 14 heteroatoms. The average Bonchev–Trinajstić information content (AvgIpc) is 2.87. The Balaban J connectivity index is 1.99. The van der Waals surface area contributed by atoms with Crippen LogP contribution >= 0.6 is 10.8 Å². The van der Waals surface area contributed by atoms with Gasteiger partial charge in [0.15, 0.2) is 8.87 Å². The molecule has 12 nitrogen and oxygen atoms in total. The molecular formula is C14H22N2O10S2. The van der Waals surface area contributed by atoms with Gasteiger partial charge >= 0.3 is 18.0 Å². The molecule has 2 amide bonds. The summed E-state index contributed by atoms with van der Waals surface area (Å²) in [7, 11) is -2.75. The molecule has 2 rings (SSSR count). The number of aliphatic hydroxyl groups is 3. The second-order valence-corrected chi connectivity index (χ2v) is 11.3. The highest BCUT2D eigenvalue weighted by molar-refractivity contribution is 8.72. The Labute approximate surface area is 164 Å². The van der Waals surface area contributed by atoms with Gasteiger partial charge in [0.05, 0.1) is 11.3 Å². The minimum atomic E-state index is -3.36. The number of fused-ring (bicyclic) bond motifs is 1. The van der Waals surface area contributed by atoms with E-state index in [0.717, 1.165) is 11.2 Å². The van der Waals surface area contributed by atoms with Crippen LogP contribution in [-0.4, -0.2) is 101 Å². The summed E-state index contributed by atoms with van der Waals surface area (Å²) in [6, 6.07) is -1.31. The molecule has 2 aliphatic heterocycles. The standard InChI is InChI=1S/C14H22N2O10S2/c1-5(6(2)27-28(3,23)24)26-14(22)25-4-7-8(17)9(18)10(19)11-15-12(20)13(21)16(7)11/h5-11,17-19H,4H2,1-3H3,(H,15,20)/t5?,6?,7-,8-,9+,10+,11+/m1/s1. The molecule has 4 N–H and O–H groups in total. The Hall–Kier alpha value is -1.61. The number of rotatable bonds is 6. The van der Waals surface area contributed by atoms with Gasteiger partial charge in [0.2, 0.25) is 0 Å². The lowest BCUT2D eigenvalue weighted by atomic mass is 9.92. The number of carbonyl (C=O) groups excluding carboxylic acids is 3. The molecule has 0 aliphatic carbocycles. The second kappa shape index (κ2) is 8.41. The smallest absolute Gasteiger partial charge is 0.432 e. The molecule has 0 bridgehead atoms. The zero-order valence-corrected chi connectivity index (χ0v) is 16.8. The SMILES string of the molecule is CC(OC(=O)OC[C@@H]1[C@@H](O)[C@H](O)[C@H](O)[C@H]2NC(=O)C(=O)N12)C(C)SS(C)(=O)=O. The molecule has 160 valence electrons. The highest BCUT2D eigenvalue weighted by Crippen LogP contribution is 2.27. The van der Waals surface area contributed by atoms with E-state index in [0.29, 0.717) is 10.8 Å². The van der Waals surface area contributed by atoms with Gasteiger partial charge in [-0.15, -0.1) is 0 Å². The summed E-state index contributed by atoms with van der Waals surface area (Å²) in [6.45, 7) is 2.38. The molecule has 0 aromatic rings. The molecule has 0 spiro atoms. The van der Waals surface area contributed by atoms with Crippen LogP contribution < -0.4 is 5.32 Å². The summed E-state index contributed by atoms with van der Waals surface area (Å²) in [6.07, 6.45) is -7.28. The summed E-state index contributed by atoms with van der Waals surface area (Å²) in [4.78, 5) is 36.2. The summed E-state index contributed by atoms with van der Waals surface area (Å²) < 4.78 is 32.4. The predicted molar refractivity (Wildman–Crippen MR) is 94.4 cm³/mol. The molecule has 28 heavy (non-hydrogen) atoms. The molecule has 2 heterocycles. The second-order valence-electron chi connectivity index (χ2n) is 6.56. The number of ether oxygens (including phenoxy) is 2. The van der Waals surface area contributed by atoms with Gasteiger partial charge in [-0.2, -0.15) is 0 Å². The maximum Gasteiger partial charge on any atom is 0.508 e. The van der Waals surface area contributed by atoms with Gasteiger partial charge in [0.25, 0.3) is 0 Å². The number of piperidine rings is 1. The largest absolute Gasteiger partial charge is 0.508 e. The van der Waals surface area contributed by atoms with E-state index in [4.69, 9.17) is 9.47 Å². The lowest BCUT2D eigenvalue weighted by Crippen LogP contribution is -2.68. The van der Waals surface area contributed by atoms with Gasteiger partial charge in [-0.1, -0.05) is 0 Å². The van der Waals surface area contributed by atoms with Crippen molar-refractivity contribution in [3.05, 3.63) is 0 Å². The van der Waals surface area contributed by atoms with Crippen molar-refractivity contribution in [3.63, 3.8) is 0 Å². The fourth-order valence-electron chi connectivity index (χ4n) is 2.86. The number of carbonyl (C=O) groups is 3. The zero-order chi connectivity index (χ0) is 21.4. The molecule has 7 atom stereocenters. The van der Waals surface area contributed by atoms with Gasteiger partial charge in [-0.05, 0) is 24.6 Å². The van der Waals surface area contributed by atoms with E-state index in [1.165, 1.54) is 13.8 Å². The minimum Gasteiger partial charge on any atom is -0.432 e. The topological polar surface area (TPSA) is 180 Å². The van der Waals surface area contributed by atoms with Gasteiger partial charge < -0.3 is 35.0 Å². The minimum absolute atomic E-state index is 0.592. The quantitative estimate of drug-likeness (QED) is 0.192. The Bertz CT molecular complexity index is 744. The molecule has 0 radical (unpaired) electrons. The summed E-state index contributed by atoms with van der Waals surface area (Å²) in [5.41, 5.74) is 0. The first-order valence-corrected chi connectivity index (χ1v) is 11.5. The van der Waals surface area contributed by atoms with Crippen molar-refractivity contribution in [2.24, 2.45) is 0 Å². The molecule has 2 fully saturated rings. The summed E-state index contributed by atoms with van der Waals surface area (Å²) in [5, 5.41) is 31.5. The third kappa shape index (κ3) is 4.86. The molecule has 0 saturated carbocycles. The van der Waals surface area contributed by atoms with Gasteiger partial charge in [-0.3, -0.25) is 9.59 Å². The fourth-order valence-corrected chi connectivity index (χ4v) is 5.75. The maximum atomic E-state index is 12.0. The van der Waals surface area contributed by atoms with Crippen molar-refractivity contribution in [2.45, 2.75) is 55.7 Å². The monoisotopic (exact) mass is 442 g/mol. The van der Waals surface area contributed by atoms with Crippen LogP contribution in [0.15, 0.2) is 0 Å². The van der Waals surface area contributed by atoms with Gasteiger partial charge in [-0.25, -0.2) is 13.2 Å². The van der Waals surface area contributed by atoms with E-state index < -0.39 is 75.3 Å². The van der Waals surface area contributed by atoms with Crippen molar-refractivity contribution < 1.29 is 47.6 Å². The van der Waals surface area contributed by atoms with Crippen molar-refractivity contribution in [1.82, 2.24) is 10.2 Å². The van der Waals surface area contributed by atoms with Crippen LogP contribution in [0.5, 0.6) is 0 Å². The van der Waals surface area contributed by atoms with Crippen LogP contribution in [0.3, 0.4) is 0 Å². The van der Waals surface area contributed by atoms with Crippen LogP contribution in [0.1, 0.15) is 13.8 Å². The summed E-state index contributed by atoms with van der Waals surface area (Å²) in [5.74, 6) is -2.08. The van der Waals surface area contributed by atoms with Crippen LogP contribution in [0.2, 0.25) is 0 Å². The average molecular weight is 442 g/mol. The molecule has 2 saturated heterocycles. The van der Waals surface area contributed by atoms with Crippen LogP contribution in [-0.2, 0) is 27.9 Å². The Morgan fingerprint density at radius 2 is 1.82 bits per heavy atom. The van der Waals surface area contributed by atoms with Crippen molar-refractivity contribution in [2.75, 3.05) is 12.9 Å². The lowest BCUT2D eigenvalue weighted by Gasteiger charge is -2.44. The first-order chi connectivity index (χ1) is 12.8. The van der Waals surface area contributed by atoms with Crippen molar-refractivity contribution in [3.8, 4) is 0 Å². The molecule has 0 aromatic carbocycles. The number of hydrogen-bond donors (Lipinski definition) is 4. The normalized spacial score (nSPS) is 32.4. The number of amides is 2. The number of nitrogens with zero attached hydrogens (tertiary/aromatic N) is 1. The third-order valence-electron chi connectivity index (χ3n) is 4.42. The molecule has 2 unspecified atom stereocenters. The number of hydrogen-bond acceptors (Lipinski definition) is 11. The van der Waals surface area contributed by atoms with E-state index in [2.05, 4.69) is 5.32 Å². The fraction of sp³-hybridized carbons (Fsp3) is 0.786. The van der Waals surface area contributed by atoms with Gasteiger partial charge in [0.1, 0.15) is 37.2 Å². The van der Waals surface area contributed by atoms with E-state index in [1.807, 2.05) is 0 Å². The van der Waals surface area contributed by atoms with Crippen LogP contribution in [0, 0.1) is 0 Å². The Kier molecular flexibility index (Phi) is 6.81. The van der Waals surface area contributed by atoms with Crippen molar-refractivity contribution in [1.29, 1.82) is 0 Å². The maximum absolute atomic E-state index is 12.0. The predicted octanol–water partition coefficient (Wildman–Crippen LogP) is -2.64. The highest BCUT2D eigenvalue weighted by atomic mass is 33.1.